The zero-order valence-corrected chi connectivity index (χ0v) is 7.68. The van der Waals surface area contributed by atoms with Crippen molar-refractivity contribution >= 4 is 0 Å². The number of rotatable bonds is 5. The summed E-state index contributed by atoms with van der Waals surface area (Å²) in [4.78, 5) is 0. The Morgan fingerprint density at radius 1 is 1.10 bits per heavy atom. The SMILES string of the molecule is COCCCC[N+](C)(C)C. The zero-order chi connectivity index (χ0) is 8.04. The van der Waals surface area contributed by atoms with Crippen LogP contribution < -0.4 is 0 Å². The van der Waals surface area contributed by atoms with Crippen molar-refractivity contribution in [2.45, 2.75) is 12.8 Å². The van der Waals surface area contributed by atoms with Gasteiger partial charge in [-0.3, -0.25) is 0 Å². The standard InChI is InChI=1S/C8H20NO/c1-9(2,3)7-5-6-8-10-4/h5-8H2,1-4H3/q+1. The van der Waals surface area contributed by atoms with Crippen molar-refractivity contribution in [1.29, 1.82) is 0 Å². The highest BCUT2D eigenvalue weighted by molar-refractivity contribution is 4.35. The maximum Gasteiger partial charge on any atom is 0.0781 e. The van der Waals surface area contributed by atoms with Gasteiger partial charge >= 0.3 is 0 Å². The fraction of sp³-hybridized carbons (Fsp3) is 1.00. The molecule has 62 valence electrons. The van der Waals surface area contributed by atoms with Crippen LogP contribution >= 0.6 is 0 Å². The largest absolute Gasteiger partial charge is 0.385 e. The molecule has 0 heterocycles. The summed E-state index contributed by atoms with van der Waals surface area (Å²) in [7, 11) is 8.40. The molecule has 0 saturated carbocycles. The molecule has 0 radical (unpaired) electrons. The number of unbranched alkanes of at least 4 members (excludes halogenated alkanes) is 1. The number of methoxy groups -OCH3 is 1. The molecule has 0 spiro atoms. The molecule has 0 aromatic carbocycles. The first-order chi connectivity index (χ1) is 4.56. The van der Waals surface area contributed by atoms with Crippen molar-refractivity contribution in [3.8, 4) is 0 Å². The van der Waals surface area contributed by atoms with E-state index in [2.05, 4.69) is 21.1 Å². The molecule has 0 fully saturated rings. The minimum absolute atomic E-state index is 0.903. The van der Waals surface area contributed by atoms with Gasteiger partial charge in [-0.05, 0) is 12.8 Å². The lowest BCUT2D eigenvalue weighted by Gasteiger charge is -2.23. The molecule has 0 saturated heterocycles. The monoisotopic (exact) mass is 146 g/mol. The van der Waals surface area contributed by atoms with Gasteiger partial charge in [-0.2, -0.15) is 0 Å². The van der Waals surface area contributed by atoms with Crippen LogP contribution in [0.5, 0.6) is 0 Å². The Bertz CT molecular complexity index is 75.8. The molecular formula is C8H20NO+. The predicted octanol–water partition coefficient (Wildman–Crippen LogP) is 1.12. The molecule has 0 bridgehead atoms. The molecule has 0 aliphatic carbocycles. The topological polar surface area (TPSA) is 9.23 Å². The minimum atomic E-state index is 0.903. The second kappa shape index (κ2) is 4.69. The average molecular weight is 146 g/mol. The fourth-order valence-electron chi connectivity index (χ4n) is 0.833. The van der Waals surface area contributed by atoms with Crippen LogP contribution in [-0.4, -0.2) is 45.9 Å². The maximum atomic E-state index is 4.95. The van der Waals surface area contributed by atoms with Crippen LogP contribution in [0, 0.1) is 0 Å². The van der Waals surface area contributed by atoms with E-state index in [9.17, 15) is 0 Å². The van der Waals surface area contributed by atoms with Gasteiger partial charge in [0.05, 0.1) is 27.7 Å². The summed E-state index contributed by atoms with van der Waals surface area (Å²) in [6.07, 6.45) is 2.45. The van der Waals surface area contributed by atoms with Gasteiger partial charge in [0.25, 0.3) is 0 Å². The molecule has 2 heteroatoms. The van der Waals surface area contributed by atoms with Crippen molar-refractivity contribution in [3.05, 3.63) is 0 Å². The van der Waals surface area contributed by atoms with Crippen molar-refractivity contribution in [1.82, 2.24) is 0 Å². The van der Waals surface area contributed by atoms with Crippen LogP contribution in [0.4, 0.5) is 0 Å². The van der Waals surface area contributed by atoms with Gasteiger partial charge in [0.15, 0.2) is 0 Å². The predicted molar refractivity (Wildman–Crippen MR) is 44.0 cm³/mol. The van der Waals surface area contributed by atoms with Crippen LogP contribution in [0.15, 0.2) is 0 Å². The van der Waals surface area contributed by atoms with E-state index in [0.717, 1.165) is 11.1 Å². The van der Waals surface area contributed by atoms with Gasteiger partial charge in [0, 0.05) is 13.7 Å². The van der Waals surface area contributed by atoms with Gasteiger partial charge in [-0.1, -0.05) is 0 Å². The molecule has 10 heavy (non-hydrogen) atoms. The highest BCUT2D eigenvalue weighted by atomic mass is 16.5. The van der Waals surface area contributed by atoms with E-state index < -0.39 is 0 Å². The minimum Gasteiger partial charge on any atom is -0.385 e. The Morgan fingerprint density at radius 2 is 1.70 bits per heavy atom. The molecule has 0 aromatic heterocycles. The lowest BCUT2D eigenvalue weighted by atomic mass is 10.3. The van der Waals surface area contributed by atoms with Crippen molar-refractivity contribution in [3.63, 3.8) is 0 Å². The Labute approximate surface area is 64.4 Å². The molecule has 0 atom stereocenters. The summed E-state index contributed by atoms with van der Waals surface area (Å²) in [6, 6.07) is 0. The first kappa shape index (κ1) is 9.92. The van der Waals surface area contributed by atoms with E-state index >= 15 is 0 Å². The van der Waals surface area contributed by atoms with E-state index in [0.29, 0.717) is 0 Å². The van der Waals surface area contributed by atoms with Gasteiger partial charge < -0.3 is 9.22 Å². The third-order valence-electron chi connectivity index (χ3n) is 1.43. The number of hydrogen-bond donors (Lipinski definition) is 0. The Morgan fingerprint density at radius 3 is 2.10 bits per heavy atom. The molecule has 0 amide bonds. The summed E-state index contributed by atoms with van der Waals surface area (Å²) in [5.41, 5.74) is 0. The lowest BCUT2D eigenvalue weighted by Crippen LogP contribution is -2.35. The molecule has 0 aliphatic heterocycles. The maximum absolute atomic E-state index is 4.95. The van der Waals surface area contributed by atoms with E-state index in [-0.39, 0.29) is 0 Å². The van der Waals surface area contributed by atoms with Crippen molar-refractivity contribution in [2.24, 2.45) is 0 Å². The lowest BCUT2D eigenvalue weighted by molar-refractivity contribution is -0.870. The molecule has 2 nitrogen and oxygen atoms in total. The van der Waals surface area contributed by atoms with Crippen LogP contribution in [0.2, 0.25) is 0 Å². The Hall–Kier alpha value is -0.0800. The molecular weight excluding hydrogens is 126 g/mol. The third-order valence-corrected chi connectivity index (χ3v) is 1.43. The second-order valence-electron chi connectivity index (χ2n) is 3.71. The molecule has 0 aromatic rings. The van der Waals surface area contributed by atoms with E-state index in [1.807, 2.05) is 0 Å². The summed E-state index contributed by atoms with van der Waals surface area (Å²) < 4.78 is 6.01. The second-order valence-corrected chi connectivity index (χ2v) is 3.71. The number of quaternary nitrogens is 1. The third kappa shape index (κ3) is 7.92. The first-order valence-corrected chi connectivity index (χ1v) is 3.85. The van der Waals surface area contributed by atoms with E-state index in [4.69, 9.17) is 4.74 Å². The van der Waals surface area contributed by atoms with Crippen LogP contribution in [0.25, 0.3) is 0 Å². The van der Waals surface area contributed by atoms with Gasteiger partial charge in [-0.25, -0.2) is 0 Å². The average Bonchev–Trinajstić information content (AvgIpc) is 1.78. The van der Waals surface area contributed by atoms with Crippen molar-refractivity contribution in [2.75, 3.05) is 41.4 Å². The normalized spacial score (nSPS) is 12.0. The quantitative estimate of drug-likeness (QED) is 0.417. The Kier molecular flexibility index (Phi) is 4.65. The van der Waals surface area contributed by atoms with Crippen LogP contribution in [-0.2, 0) is 4.74 Å². The first-order valence-electron chi connectivity index (χ1n) is 3.85. The Balaban J connectivity index is 3.04. The number of nitrogens with zero attached hydrogens (tertiary/aromatic N) is 1. The fourth-order valence-corrected chi connectivity index (χ4v) is 0.833. The summed E-state index contributed by atoms with van der Waals surface area (Å²) >= 11 is 0. The van der Waals surface area contributed by atoms with Gasteiger partial charge in [0.1, 0.15) is 0 Å². The number of hydrogen-bond acceptors (Lipinski definition) is 1. The summed E-state index contributed by atoms with van der Waals surface area (Å²) in [5.74, 6) is 0. The van der Waals surface area contributed by atoms with E-state index in [1.54, 1.807) is 7.11 Å². The van der Waals surface area contributed by atoms with Gasteiger partial charge in [0.2, 0.25) is 0 Å². The highest BCUT2D eigenvalue weighted by Crippen LogP contribution is 1.96. The number of ether oxygens (including phenoxy) is 1. The van der Waals surface area contributed by atoms with E-state index in [1.165, 1.54) is 19.4 Å². The summed E-state index contributed by atoms with van der Waals surface area (Å²) in [5, 5.41) is 0. The smallest absolute Gasteiger partial charge is 0.0781 e. The van der Waals surface area contributed by atoms with Crippen LogP contribution in [0.3, 0.4) is 0 Å². The molecule has 0 rings (SSSR count). The molecule has 0 N–H and O–H groups in total. The summed E-state index contributed by atoms with van der Waals surface area (Å²) in [6.45, 7) is 2.14. The molecule has 0 unspecified atom stereocenters. The zero-order valence-electron chi connectivity index (χ0n) is 7.68. The highest BCUT2D eigenvalue weighted by Gasteiger charge is 2.04. The van der Waals surface area contributed by atoms with Crippen molar-refractivity contribution < 1.29 is 9.22 Å². The van der Waals surface area contributed by atoms with Gasteiger partial charge in [-0.15, -0.1) is 0 Å². The van der Waals surface area contributed by atoms with Crippen LogP contribution in [0.1, 0.15) is 12.8 Å². The molecule has 0 aliphatic rings.